The Kier molecular flexibility index (Phi) is 5.47. The molecule has 3 atom stereocenters. The van der Waals surface area contributed by atoms with Gasteiger partial charge >= 0.3 is 0 Å². The van der Waals surface area contributed by atoms with Crippen LogP contribution >= 0.6 is 12.4 Å². The Bertz CT molecular complexity index is 1000. The van der Waals surface area contributed by atoms with Gasteiger partial charge in [-0.15, -0.1) is 12.4 Å². The summed E-state index contributed by atoms with van der Waals surface area (Å²) in [6, 6.07) is 7.23. The van der Waals surface area contributed by atoms with E-state index in [9.17, 15) is 12.8 Å². The molecule has 1 aliphatic heterocycles. The molecule has 0 bridgehead atoms. The monoisotopic (exact) mass is 411 g/mol. The molecule has 2 aromatic rings. The molecule has 0 spiro atoms. The van der Waals surface area contributed by atoms with Crippen LogP contribution in [0.15, 0.2) is 54.3 Å². The van der Waals surface area contributed by atoms with Crippen molar-refractivity contribution < 1.29 is 12.8 Å². The lowest BCUT2D eigenvalue weighted by atomic mass is 9.81. The topological polar surface area (TPSA) is 64.0 Å². The smallest absolute Gasteiger partial charge is 0.263 e. The van der Waals surface area contributed by atoms with Crippen molar-refractivity contribution in [3.05, 3.63) is 54.3 Å². The summed E-state index contributed by atoms with van der Waals surface area (Å²) in [6.07, 6.45) is 6.85. The number of alkyl halides is 1. The van der Waals surface area contributed by atoms with E-state index in [1.54, 1.807) is 37.4 Å². The Labute approximate surface area is 164 Å². The van der Waals surface area contributed by atoms with E-state index in [1.807, 2.05) is 18.2 Å². The van der Waals surface area contributed by atoms with Crippen LogP contribution in [-0.4, -0.2) is 41.6 Å². The summed E-state index contributed by atoms with van der Waals surface area (Å²) in [5.41, 5.74) is 1.42. The van der Waals surface area contributed by atoms with Gasteiger partial charge in [-0.1, -0.05) is 42.0 Å². The third kappa shape index (κ3) is 3.32. The number of hydrogen-bond donors (Lipinski definition) is 1. The van der Waals surface area contributed by atoms with Gasteiger partial charge in [0.15, 0.2) is 0 Å². The van der Waals surface area contributed by atoms with Gasteiger partial charge in [-0.05, 0) is 32.4 Å². The van der Waals surface area contributed by atoms with Crippen molar-refractivity contribution in [3.63, 3.8) is 0 Å². The molecule has 1 saturated heterocycles. The van der Waals surface area contributed by atoms with E-state index in [0.717, 1.165) is 21.6 Å². The van der Waals surface area contributed by atoms with E-state index in [4.69, 9.17) is 0 Å². The molecule has 0 radical (unpaired) electrons. The van der Waals surface area contributed by atoms with Gasteiger partial charge in [-0.25, -0.2) is 12.8 Å². The van der Waals surface area contributed by atoms with Crippen LogP contribution in [0.4, 0.5) is 4.39 Å². The summed E-state index contributed by atoms with van der Waals surface area (Å²) in [7, 11) is -3.79. The van der Waals surface area contributed by atoms with Crippen LogP contribution in [0.3, 0.4) is 0 Å². The van der Waals surface area contributed by atoms with E-state index >= 15 is 0 Å². The van der Waals surface area contributed by atoms with Crippen molar-refractivity contribution in [3.8, 4) is 0 Å². The number of hydrogen-bond acceptors (Lipinski definition) is 4. The van der Waals surface area contributed by atoms with E-state index < -0.39 is 20.9 Å². The summed E-state index contributed by atoms with van der Waals surface area (Å²) in [5, 5.41) is 7.95. The Balaban J connectivity index is 0.00000210. The standard InChI is InChI=1S/C19H22FN3O2S.ClH/c1-19(9-4-6-14(11-19)16-8-10-21-13-17(16)20)26(24,25)23-18-7-3-2-5-15(18)12-22-23;/h2-7,9,12,16-17,21H,8,10-11,13H2,1H3;1H. The zero-order chi connectivity index (χ0) is 18.4. The van der Waals surface area contributed by atoms with Crippen LogP contribution in [0.1, 0.15) is 19.8 Å². The van der Waals surface area contributed by atoms with Gasteiger partial charge < -0.3 is 5.32 Å². The largest absolute Gasteiger partial charge is 0.314 e. The van der Waals surface area contributed by atoms with Gasteiger partial charge in [-0.2, -0.15) is 9.19 Å². The van der Waals surface area contributed by atoms with Crippen LogP contribution in [0.5, 0.6) is 0 Å². The molecule has 1 fully saturated rings. The van der Waals surface area contributed by atoms with Crippen molar-refractivity contribution in [1.29, 1.82) is 0 Å². The number of nitrogens with one attached hydrogen (secondary N) is 1. The molecule has 4 rings (SSSR count). The lowest BCUT2D eigenvalue weighted by Gasteiger charge is -2.35. The number of benzene rings is 1. The summed E-state index contributed by atoms with van der Waals surface area (Å²) < 4.78 is 41.1. The number of rotatable bonds is 3. The fraction of sp³-hybridized carbons (Fsp3) is 0.421. The molecule has 1 aromatic carbocycles. The van der Waals surface area contributed by atoms with Crippen molar-refractivity contribution in [2.24, 2.45) is 5.92 Å². The summed E-state index contributed by atoms with van der Waals surface area (Å²) >= 11 is 0. The zero-order valence-electron chi connectivity index (χ0n) is 15.0. The molecule has 8 heteroatoms. The second kappa shape index (κ2) is 7.37. The first-order chi connectivity index (χ1) is 12.4. The predicted molar refractivity (Wildman–Crippen MR) is 107 cm³/mol. The fourth-order valence-corrected chi connectivity index (χ4v) is 5.50. The van der Waals surface area contributed by atoms with Gasteiger partial charge in [-0.3, -0.25) is 0 Å². The van der Waals surface area contributed by atoms with E-state index in [2.05, 4.69) is 10.4 Å². The quantitative estimate of drug-likeness (QED) is 0.842. The molecule has 2 aliphatic rings. The zero-order valence-corrected chi connectivity index (χ0v) is 16.6. The van der Waals surface area contributed by atoms with Crippen LogP contribution in [0, 0.1) is 5.92 Å². The molecule has 1 N–H and O–H groups in total. The normalized spacial score (nSPS) is 28.6. The summed E-state index contributed by atoms with van der Waals surface area (Å²) in [4.78, 5) is 0. The minimum atomic E-state index is -3.79. The van der Waals surface area contributed by atoms with Gasteiger partial charge in [0.2, 0.25) is 0 Å². The molecule has 5 nitrogen and oxygen atoms in total. The first-order valence-electron chi connectivity index (χ1n) is 8.83. The minimum absolute atomic E-state index is 0. The maximum Gasteiger partial charge on any atom is 0.263 e. The van der Waals surface area contributed by atoms with E-state index in [1.165, 1.54) is 0 Å². The average molecular weight is 412 g/mol. The Morgan fingerprint density at radius 1 is 1.33 bits per heavy atom. The summed E-state index contributed by atoms with van der Waals surface area (Å²) in [5.74, 6) is -0.231. The SMILES string of the molecule is CC1(S(=O)(=O)n2ncc3ccccc32)C=CC=C(C2CCNCC2F)C1.Cl. The maximum atomic E-state index is 14.4. The van der Waals surface area contributed by atoms with Crippen LogP contribution in [0.25, 0.3) is 10.9 Å². The Morgan fingerprint density at radius 3 is 2.89 bits per heavy atom. The molecule has 0 amide bonds. The lowest BCUT2D eigenvalue weighted by Crippen LogP contribution is -2.43. The molecule has 27 heavy (non-hydrogen) atoms. The van der Waals surface area contributed by atoms with Crippen LogP contribution < -0.4 is 5.32 Å². The second-order valence-electron chi connectivity index (χ2n) is 7.26. The first-order valence-corrected chi connectivity index (χ1v) is 10.3. The third-order valence-corrected chi connectivity index (χ3v) is 7.67. The number of aromatic nitrogens is 2. The minimum Gasteiger partial charge on any atom is -0.314 e. The van der Waals surface area contributed by atoms with Gasteiger partial charge in [0, 0.05) is 17.8 Å². The Hall–Kier alpha value is -1.70. The van der Waals surface area contributed by atoms with Gasteiger partial charge in [0.25, 0.3) is 10.0 Å². The Morgan fingerprint density at radius 2 is 2.11 bits per heavy atom. The molecule has 146 valence electrons. The van der Waals surface area contributed by atoms with Crippen molar-refractivity contribution in [2.75, 3.05) is 13.1 Å². The van der Waals surface area contributed by atoms with E-state index in [-0.39, 0.29) is 24.7 Å². The molecule has 1 aliphatic carbocycles. The molecule has 1 aromatic heterocycles. The molecular weight excluding hydrogens is 389 g/mol. The average Bonchev–Trinajstić information content (AvgIpc) is 3.07. The highest BCUT2D eigenvalue weighted by Gasteiger charge is 2.43. The number of piperidine rings is 1. The van der Waals surface area contributed by atoms with E-state index in [0.29, 0.717) is 18.5 Å². The fourth-order valence-electron chi connectivity index (χ4n) is 3.91. The predicted octanol–water partition coefficient (Wildman–Crippen LogP) is 3.23. The van der Waals surface area contributed by atoms with Crippen molar-refractivity contribution in [2.45, 2.75) is 30.7 Å². The number of fused-ring (bicyclic) bond motifs is 1. The first kappa shape index (κ1) is 20.0. The van der Waals surface area contributed by atoms with Gasteiger partial charge in [0.1, 0.15) is 10.9 Å². The van der Waals surface area contributed by atoms with Crippen LogP contribution in [-0.2, 0) is 10.0 Å². The third-order valence-electron chi connectivity index (χ3n) is 5.46. The molecular formula is C19H23ClFN3O2S. The molecule has 3 unspecified atom stereocenters. The lowest BCUT2D eigenvalue weighted by molar-refractivity contribution is 0.201. The molecule has 2 heterocycles. The van der Waals surface area contributed by atoms with Gasteiger partial charge in [0.05, 0.1) is 11.7 Å². The number of nitrogens with zero attached hydrogens (tertiary/aromatic N) is 2. The maximum absolute atomic E-state index is 14.4. The summed E-state index contributed by atoms with van der Waals surface area (Å²) in [6.45, 7) is 2.76. The number of para-hydroxylation sites is 1. The van der Waals surface area contributed by atoms with Crippen LogP contribution in [0.2, 0.25) is 0 Å². The second-order valence-corrected chi connectivity index (χ2v) is 9.49. The van der Waals surface area contributed by atoms with Crippen molar-refractivity contribution in [1.82, 2.24) is 14.5 Å². The number of allylic oxidation sites excluding steroid dienone is 3. The van der Waals surface area contributed by atoms with Crippen molar-refractivity contribution >= 4 is 33.3 Å². The number of halogens is 2. The highest BCUT2D eigenvalue weighted by atomic mass is 35.5. The highest BCUT2D eigenvalue weighted by Crippen LogP contribution is 2.38. The highest BCUT2D eigenvalue weighted by molar-refractivity contribution is 7.91. The molecule has 0 saturated carbocycles.